The summed E-state index contributed by atoms with van der Waals surface area (Å²) in [5.74, 6) is 0. The molecule has 0 saturated heterocycles. The number of nitrogens with one attached hydrogen (secondary N) is 1. The third kappa shape index (κ3) is 2.72. The van der Waals surface area contributed by atoms with Gasteiger partial charge in [-0.15, -0.1) is 0 Å². The molecule has 1 atom stereocenters. The molecule has 2 rings (SSSR count). The van der Waals surface area contributed by atoms with Gasteiger partial charge in [-0.1, -0.05) is 12.2 Å². The lowest BCUT2D eigenvalue weighted by atomic mass is 10.0. The molecule has 1 aliphatic rings. The van der Waals surface area contributed by atoms with Crippen LogP contribution in [0.5, 0.6) is 0 Å². The Balaban J connectivity index is 1.79. The van der Waals surface area contributed by atoms with Crippen LogP contribution in [-0.2, 0) is 6.54 Å². The van der Waals surface area contributed by atoms with Crippen molar-refractivity contribution in [3.63, 3.8) is 0 Å². The van der Waals surface area contributed by atoms with E-state index in [1.54, 1.807) is 6.26 Å². The molecular weight excluding hydrogens is 242 g/mol. The first-order valence-corrected chi connectivity index (χ1v) is 5.75. The minimum atomic E-state index is 0.633. The van der Waals surface area contributed by atoms with Crippen LogP contribution in [0.15, 0.2) is 33.6 Å². The van der Waals surface area contributed by atoms with E-state index in [1.165, 1.54) is 18.4 Å². The smallest absolute Gasteiger partial charge is 0.169 e. The van der Waals surface area contributed by atoms with Crippen LogP contribution in [0.2, 0.25) is 0 Å². The van der Waals surface area contributed by atoms with E-state index in [0.717, 1.165) is 17.6 Å². The summed E-state index contributed by atoms with van der Waals surface area (Å²) in [6.07, 6.45) is 9.90. The first kappa shape index (κ1) is 9.99. The molecule has 1 aromatic rings. The Kier molecular flexibility index (Phi) is 3.43. The van der Waals surface area contributed by atoms with E-state index in [9.17, 15) is 0 Å². The van der Waals surface area contributed by atoms with Gasteiger partial charge >= 0.3 is 0 Å². The molecule has 1 N–H and O–H groups in total. The summed E-state index contributed by atoms with van der Waals surface area (Å²) in [4.78, 5) is 0. The highest BCUT2D eigenvalue weighted by atomic mass is 79.9. The van der Waals surface area contributed by atoms with Gasteiger partial charge in [-0.05, 0) is 41.3 Å². The quantitative estimate of drug-likeness (QED) is 0.840. The van der Waals surface area contributed by atoms with Crippen molar-refractivity contribution in [2.45, 2.75) is 31.8 Å². The van der Waals surface area contributed by atoms with E-state index < -0.39 is 0 Å². The minimum Gasteiger partial charge on any atom is -0.457 e. The molecule has 0 fully saturated rings. The van der Waals surface area contributed by atoms with Crippen molar-refractivity contribution in [1.29, 1.82) is 0 Å². The predicted octanol–water partition coefficient (Wildman–Crippen LogP) is 3.24. The fraction of sp³-hybridized carbons (Fsp3) is 0.455. The Labute approximate surface area is 92.5 Å². The van der Waals surface area contributed by atoms with Gasteiger partial charge in [-0.3, -0.25) is 0 Å². The molecule has 1 aromatic heterocycles. The normalized spacial score (nSPS) is 21.4. The van der Waals surface area contributed by atoms with Crippen LogP contribution in [0.1, 0.15) is 24.8 Å². The van der Waals surface area contributed by atoms with Gasteiger partial charge in [0.1, 0.15) is 0 Å². The molecule has 76 valence electrons. The van der Waals surface area contributed by atoms with Crippen molar-refractivity contribution < 1.29 is 4.42 Å². The van der Waals surface area contributed by atoms with Crippen LogP contribution >= 0.6 is 15.9 Å². The molecule has 0 aliphatic heterocycles. The van der Waals surface area contributed by atoms with Crippen LogP contribution in [0.3, 0.4) is 0 Å². The van der Waals surface area contributed by atoms with Gasteiger partial charge in [0, 0.05) is 18.2 Å². The minimum absolute atomic E-state index is 0.633. The first-order chi connectivity index (χ1) is 6.84. The number of rotatable bonds is 3. The van der Waals surface area contributed by atoms with E-state index in [0.29, 0.717) is 6.04 Å². The third-order valence-corrected chi connectivity index (χ3v) is 2.90. The average molecular weight is 256 g/mol. The lowest BCUT2D eigenvalue weighted by Crippen LogP contribution is -2.28. The highest BCUT2D eigenvalue weighted by Gasteiger charge is 2.09. The van der Waals surface area contributed by atoms with E-state index in [2.05, 4.69) is 33.4 Å². The number of hydrogen-bond donors (Lipinski definition) is 1. The summed E-state index contributed by atoms with van der Waals surface area (Å²) in [5, 5.41) is 3.52. The van der Waals surface area contributed by atoms with Gasteiger partial charge in [0.15, 0.2) is 4.67 Å². The van der Waals surface area contributed by atoms with Gasteiger partial charge in [0.2, 0.25) is 0 Å². The van der Waals surface area contributed by atoms with E-state index >= 15 is 0 Å². The van der Waals surface area contributed by atoms with Crippen molar-refractivity contribution >= 4 is 15.9 Å². The SMILES string of the molecule is Brc1cc(CNC2CC=CCC2)co1. The topological polar surface area (TPSA) is 25.2 Å². The summed E-state index contributed by atoms with van der Waals surface area (Å²) in [5.41, 5.74) is 1.20. The molecule has 14 heavy (non-hydrogen) atoms. The van der Waals surface area contributed by atoms with Gasteiger partial charge in [-0.25, -0.2) is 0 Å². The summed E-state index contributed by atoms with van der Waals surface area (Å²) in [6.45, 7) is 0.896. The maximum Gasteiger partial charge on any atom is 0.169 e. The molecule has 2 nitrogen and oxygen atoms in total. The van der Waals surface area contributed by atoms with Crippen LogP contribution in [0.25, 0.3) is 0 Å². The summed E-state index contributed by atoms with van der Waals surface area (Å²) < 4.78 is 5.97. The summed E-state index contributed by atoms with van der Waals surface area (Å²) in [7, 11) is 0. The Bertz CT molecular complexity index is 319. The molecule has 0 aromatic carbocycles. The maximum absolute atomic E-state index is 5.17. The molecule has 0 bridgehead atoms. The van der Waals surface area contributed by atoms with Gasteiger partial charge in [-0.2, -0.15) is 0 Å². The second-order valence-electron chi connectivity index (χ2n) is 3.62. The fourth-order valence-electron chi connectivity index (χ4n) is 1.68. The van der Waals surface area contributed by atoms with E-state index in [-0.39, 0.29) is 0 Å². The lowest BCUT2D eigenvalue weighted by molar-refractivity contribution is 0.471. The second-order valence-corrected chi connectivity index (χ2v) is 4.40. The zero-order chi connectivity index (χ0) is 9.80. The zero-order valence-corrected chi connectivity index (χ0v) is 9.59. The van der Waals surface area contributed by atoms with Crippen molar-refractivity contribution in [3.05, 3.63) is 34.7 Å². The summed E-state index contributed by atoms with van der Waals surface area (Å²) >= 11 is 3.29. The summed E-state index contributed by atoms with van der Waals surface area (Å²) in [6, 6.07) is 2.64. The molecule has 1 unspecified atom stereocenters. The predicted molar refractivity (Wildman–Crippen MR) is 60.0 cm³/mol. The van der Waals surface area contributed by atoms with Crippen molar-refractivity contribution in [3.8, 4) is 0 Å². The Morgan fingerprint density at radius 3 is 3.07 bits per heavy atom. The van der Waals surface area contributed by atoms with Crippen molar-refractivity contribution in [2.75, 3.05) is 0 Å². The highest BCUT2D eigenvalue weighted by molar-refractivity contribution is 9.10. The number of halogens is 1. The molecule has 0 spiro atoms. The fourth-order valence-corrected chi connectivity index (χ4v) is 2.07. The van der Waals surface area contributed by atoms with Crippen LogP contribution in [0.4, 0.5) is 0 Å². The van der Waals surface area contributed by atoms with Crippen molar-refractivity contribution in [2.24, 2.45) is 0 Å². The zero-order valence-electron chi connectivity index (χ0n) is 8.00. The first-order valence-electron chi connectivity index (χ1n) is 4.96. The van der Waals surface area contributed by atoms with Crippen molar-refractivity contribution in [1.82, 2.24) is 5.32 Å². The molecule has 1 heterocycles. The molecule has 1 aliphatic carbocycles. The Morgan fingerprint density at radius 2 is 2.43 bits per heavy atom. The molecule has 3 heteroatoms. The van der Waals surface area contributed by atoms with Crippen LogP contribution in [0, 0.1) is 0 Å². The second kappa shape index (κ2) is 4.80. The molecule has 0 saturated carbocycles. The standard InChI is InChI=1S/C11H14BrNO/c12-11-6-9(8-14-11)7-13-10-4-2-1-3-5-10/h1-2,6,8,10,13H,3-5,7H2. The Hall–Kier alpha value is -0.540. The number of allylic oxidation sites excluding steroid dienone is 1. The van der Waals surface area contributed by atoms with Crippen LogP contribution in [-0.4, -0.2) is 6.04 Å². The molecule has 0 radical (unpaired) electrons. The average Bonchev–Trinajstić information content (AvgIpc) is 2.63. The number of furan rings is 1. The highest BCUT2D eigenvalue weighted by Crippen LogP contribution is 2.15. The Morgan fingerprint density at radius 1 is 1.50 bits per heavy atom. The van der Waals surface area contributed by atoms with E-state index in [4.69, 9.17) is 4.42 Å². The molecular formula is C11H14BrNO. The van der Waals surface area contributed by atoms with Crippen LogP contribution < -0.4 is 5.32 Å². The monoisotopic (exact) mass is 255 g/mol. The maximum atomic E-state index is 5.17. The molecule has 0 amide bonds. The third-order valence-electron chi connectivity index (χ3n) is 2.49. The largest absolute Gasteiger partial charge is 0.457 e. The number of hydrogen-bond acceptors (Lipinski definition) is 2. The lowest BCUT2D eigenvalue weighted by Gasteiger charge is -2.18. The van der Waals surface area contributed by atoms with Gasteiger partial charge in [0.25, 0.3) is 0 Å². The van der Waals surface area contributed by atoms with Gasteiger partial charge < -0.3 is 9.73 Å². The van der Waals surface area contributed by atoms with E-state index in [1.807, 2.05) is 6.07 Å². The van der Waals surface area contributed by atoms with Gasteiger partial charge in [0.05, 0.1) is 6.26 Å².